The molecule has 0 radical (unpaired) electrons. The van der Waals surface area contributed by atoms with Gasteiger partial charge in [0.25, 0.3) is 0 Å². The van der Waals surface area contributed by atoms with Crippen LogP contribution in [-0.2, 0) is 31.9 Å². The number of benzene rings is 2. The topological polar surface area (TPSA) is 52.6 Å². The highest BCUT2D eigenvalue weighted by Crippen LogP contribution is 2.21. The predicted molar refractivity (Wildman–Crippen MR) is 110 cm³/mol. The molecule has 148 valence electrons. The molecular formula is C24H28O4. The second-order valence-electron chi connectivity index (χ2n) is 6.37. The lowest BCUT2D eigenvalue weighted by atomic mass is 9.95. The number of hydrogen-bond donors (Lipinski definition) is 0. The Bertz CT molecular complexity index is 711. The molecule has 0 atom stereocenters. The van der Waals surface area contributed by atoms with Crippen LogP contribution in [0, 0.1) is 0 Å². The van der Waals surface area contributed by atoms with Gasteiger partial charge >= 0.3 is 11.9 Å². The van der Waals surface area contributed by atoms with Crippen molar-refractivity contribution in [1.82, 2.24) is 0 Å². The highest BCUT2D eigenvalue weighted by Gasteiger charge is 2.23. The van der Waals surface area contributed by atoms with E-state index in [0.29, 0.717) is 36.8 Å². The number of rotatable bonds is 10. The van der Waals surface area contributed by atoms with Gasteiger partial charge in [0.15, 0.2) is 0 Å². The molecule has 0 aliphatic carbocycles. The van der Waals surface area contributed by atoms with E-state index >= 15 is 0 Å². The zero-order valence-corrected chi connectivity index (χ0v) is 16.6. The Labute approximate surface area is 167 Å². The van der Waals surface area contributed by atoms with Gasteiger partial charge in [-0.2, -0.15) is 0 Å². The van der Waals surface area contributed by atoms with E-state index in [1.165, 1.54) is 0 Å². The van der Waals surface area contributed by atoms with Crippen LogP contribution in [0.5, 0.6) is 0 Å². The van der Waals surface area contributed by atoms with Gasteiger partial charge in [-0.1, -0.05) is 60.7 Å². The standard InChI is InChI=1S/C24H28O4/c1-3-27-23(25)21(17-15-19-11-7-5-8-12-19)22(24(26)28-4-2)18-16-20-13-9-6-10-14-20/h5-14H,3-4,15-18H2,1-2H3/b22-21-. The molecule has 0 spiro atoms. The van der Waals surface area contributed by atoms with E-state index < -0.39 is 11.9 Å². The van der Waals surface area contributed by atoms with Gasteiger partial charge in [-0.15, -0.1) is 0 Å². The minimum absolute atomic E-state index is 0.266. The number of aryl methyl sites for hydroxylation is 2. The second-order valence-corrected chi connectivity index (χ2v) is 6.37. The van der Waals surface area contributed by atoms with E-state index in [1.807, 2.05) is 60.7 Å². The second kappa shape index (κ2) is 11.8. The summed E-state index contributed by atoms with van der Waals surface area (Å²) in [5.74, 6) is -0.871. The lowest BCUT2D eigenvalue weighted by Gasteiger charge is -2.14. The maximum Gasteiger partial charge on any atom is 0.334 e. The molecular weight excluding hydrogens is 352 g/mol. The first-order chi connectivity index (χ1) is 13.7. The van der Waals surface area contributed by atoms with Crippen molar-refractivity contribution in [2.45, 2.75) is 39.5 Å². The van der Waals surface area contributed by atoms with E-state index in [2.05, 4.69) is 0 Å². The Hall–Kier alpha value is -2.88. The van der Waals surface area contributed by atoms with Gasteiger partial charge < -0.3 is 9.47 Å². The fraction of sp³-hybridized carbons (Fsp3) is 0.333. The average Bonchev–Trinajstić information content (AvgIpc) is 2.72. The van der Waals surface area contributed by atoms with Crippen LogP contribution in [0.25, 0.3) is 0 Å². The van der Waals surface area contributed by atoms with Crippen molar-refractivity contribution in [2.75, 3.05) is 13.2 Å². The highest BCUT2D eigenvalue weighted by atomic mass is 16.5. The van der Waals surface area contributed by atoms with Crippen molar-refractivity contribution in [3.05, 3.63) is 82.9 Å². The molecule has 0 aliphatic heterocycles. The summed E-state index contributed by atoms with van der Waals surface area (Å²) in [7, 11) is 0. The summed E-state index contributed by atoms with van der Waals surface area (Å²) >= 11 is 0. The Morgan fingerprint density at radius 2 is 1.00 bits per heavy atom. The Kier molecular flexibility index (Phi) is 8.99. The summed E-state index contributed by atoms with van der Waals surface area (Å²) < 4.78 is 10.5. The Balaban J connectivity index is 2.30. The van der Waals surface area contributed by atoms with Gasteiger partial charge in [0, 0.05) is 11.1 Å². The molecule has 0 unspecified atom stereocenters. The quantitative estimate of drug-likeness (QED) is 0.444. The van der Waals surface area contributed by atoms with E-state index in [-0.39, 0.29) is 13.2 Å². The van der Waals surface area contributed by atoms with Gasteiger partial charge in [-0.25, -0.2) is 9.59 Å². The molecule has 0 fully saturated rings. The molecule has 4 heteroatoms. The first-order valence-electron chi connectivity index (χ1n) is 9.79. The van der Waals surface area contributed by atoms with Crippen LogP contribution < -0.4 is 0 Å². The van der Waals surface area contributed by atoms with Gasteiger partial charge in [-0.3, -0.25) is 0 Å². The van der Waals surface area contributed by atoms with Crippen LogP contribution in [0.3, 0.4) is 0 Å². The molecule has 2 aromatic carbocycles. The van der Waals surface area contributed by atoms with Crippen LogP contribution >= 0.6 is 0 Å². The molecule has 2 aromatic rings. The molecule has 0 aromatic heterocycles. The van der Waals surface area contributed by atoms with E-state index in [1.54, 1.807) is 13.8 Å². The van der Waals surface area contributed by atoms with Crippen molar-refractivity contribution >= 4 is 11.9 Å². The van der Waals surface area contributed by atoms with Gasteiger partial charge in [-0.05, 0) is 50.7 Å². The average molecular weight is 380 g/mol. The Morgan fingerprint density at radius 1 is 0.643 bits per heavy atom. The molecule has 0 aliphatic rings. The van der Waals surface area contributed by atoms with Crippen molar-refractivity contribution in [2.24, 2.45) is 0 Å². The van der Waals surface area contributed by atoms with Crippen molar-refractivity contribution in [3.63, 3.8) is 0 Å². The number of esters is 2. The van der Waals surface area contributed by atoms with E-state index in [0.717, 1.165) is 11.1 Å². The van der Waals surface area contributed by atoms with Crippen LogP contribution in [0.2, 0.25) is 0 Å². The summed E-state index contributed by atoms with van der Waals surface area (Å²) in [4.78, 5) is 25.3. The lowest BCUT2D eigenvalue weighted by molar-refractivity contribution is -0.142. The van der Waals surface area contributed by atoms with Crippen LogP contribution in [-0.4, -0.2) is 25.2 Å². The molecule has 0 saturated heterocycles. The first kappa shape index (κ1) is 21.4. The lowest BCUT2D eigenvalue weighted by Crippen LogP contribution is -2.18. The molecule has 2 rings (SSSR count). The summed E-state index contributed by atoms with van der Waals surface area (Å²) in [5, 5.41) is 0. The molecule has 0 bridgehead atoms. The maximum absolute atomic E-state index is 12.6. The van der Waals surface area contributed by atoms with Crippen molar-refractivity contribution in [1.29, 1.82) is 0 Å². The van der Waals surface area contributed by atoms with Crippen molar-refractivity contribution in [3.8, 4) is 0 Å². The normalized spacial score (nSPS) is 11.5. The maximum atomic E-state index is 12.6. The zero-order chi connectivity index (χ0) is 20.2. The predicted octanol–water partition coefficient (Wildman–Crippen LogP) is 4.67. The number of ether oxygens (including phenoxy) is 2. The van der Waals surface area contributed by atoms with E-state index in [9.17, 15) is 9.59 Å². The number of carbonyl (C=O) groups excluding carboxylic acids is 2. The smallest absolute Gasteiger partial charge is 0.334 e. The fourth-order valence-electron chi connectivity index (χ4n) is 3.02. The molecule has 4 nitrogen and oxygen atoms in total. The first-order valence-corrected chi connectivity index (χ1v) is 9.79. The SMILES string of the molecule is CCOC(=O)/C(CCc1ccccc1)=C(/CCc1ccccc1)C(=O)OCC. The minimum atomic E-state index is -0.436. The van der Waals surface area contributed by atoms with Crippen LogP contribution in [0.4, 0.5) is 0 Å². The van der Waals surface area contributed by atoms with Crippen LogP contribution in [0.1, 0.15) is 37.8 Å². The van der Waals surface area contributed by atoms with Gasteiger partial charge in [0.05, 0.1) is 13.2 Å². The largest absolute Gasteiger partial charge is 0.463 e. The summed E-state index contributed by atoms with van der Waals surface area (Å²) in [5.41, 5.74) is 3.05. The van der Waals surface area contributed by atoms with Crippen LogP contribution in [0.15, 0.2) is 71.8 Å². The highest BCUT2D eigenvalue weighted by molar-refractivity contribution is 6.00. The molecule has 28 heavy (non-hydrogen) atoms. The Morgan fingerprint density at radius 3 is 1.32 bits per heavy atom. The summed E-state index contributed by atoms with van der Waals surface area (Å²) in [6.07, 6.45) is 2.18. The number of carbonyl (C=O) groups is 2. The summed E-state index contributed by atoms with van der Waals surface area (Å²) in [6.45, 7) is 4.06. The fourth-order valence-corrected chi connectivity index (χ4v) is 3.02. The van der Waals surface area contributed by atoms with Gasteiger partial charge in [0.1, 0.15) is 0 Å². The van der Waals surface area contributed by atoms with E-state index in [4.69, 9.17) is 9.47 Å². The monoisotopic (exact) mass is 380 g/mol. The third kappa shape index (κ3) is 6.69. The third-order valence-corrected chi connectivity index (χ3v) is 4.42. The molecule has 0 N–H and O–H groups in total. The number of hydrogen-bond acceptors (Lipinski definition) is 4. The minimum Gasteiger partial charge on any atom is -0.463 e. The molecule has 0 heterocycles. The molecule has 0 amide bonds. The molecule has 0 saturated carbocycles. The summed E-state index contributed by atoms with van der Waals surface area (Å²) in [6, 6.07) is 19.8. The zero-order valence-electron chi connectivity index (χ0n) is 16.6. The third-order valence-electron chi connectivity index (χ3n) is 4.42. The van der Waals surface area contributed by atoms with Gasteiger partial charge in [0.2, 0.25) is 0 Å². The van der Waals surface area contributed by atoms with Crippen molar-refractivity contribution < 1.29 is 19.1 Å².